The van der Waals surface area contributed by atoms with Crippen molar-refractivity contribution in [2.45, 2.75) is 25.2 Å². The molecule has 56 valence electrons. The summed E-state index contributed by atoms with van der Waals surface area (Å²) in [7, 11) is 0. The number of aliphatic hydroxyl groups is 1. The van der Waals surface area contributed by atoms with Crippen LogP contribution in [0, 0.1) is 0 Å². The topological polar surface area (TPSA) is 78.2 Å². The first-order valence-corrected chi connectivity index (χ1v) is 3.17. The molecular weight excluding hydrogens is 134 g/mol. The molecule has 1 unspecified atom stereocenters. The lowest BCUT2D eigenvalue weighted by Gasteiger charge is -2.04. The van der Waals surface area contributed by atoms with Crippen LogP contribution in [0.1, 0.15) is 12.8 Å². The summed E-state index contributed by atoms with van der Waals surface area (Å²) in [5.74, 6) is 0. The van der Waals surface area contributed by atoms with E-state index < -0.39 is 6.29 Å². The molecule has 1 rings (SSSR count). The molecule has 1 heterocycles. The molecule has 0 spiro atoms. The molecule has 0 aliphatic carbocycles. The van der Waals surface area contributed by atoms with Gasteiger partial charge < -0.3 is 9.84 Å². The van der Waals surface area contributed by atoms with E-state index in [2.05, 4.69) is 10.0 Å². The first kappa shape index (κ1) is 7.34. The van der Waals surface area contributed by atoms with Crippen LogP contribution in [-0.4, -0.2) is 24.0 Å². The highest BCUT2D eigenvalue weighted by Gasteiger charge is 2.21. The highest BCUT2D eigenvalue weighted by atomic mass is 16.6. The van der Waals surface area contributed by atoms with E-state index in [1.807, 2.05) is 0 Å². The van der Waals surface area contributed by atoms with E-state index in [0.717, 1.165) is 6.42 Å². The molecule has 0 aromatic carbocycles. The number of hydrogen-bond donors (Lipinski definition) is 1. The predicted octanol–water partition coefficient (Wildman–Crippen LogP) is 0.794. The SMILES string of the molecule is [N-]=[N+]=NC[C@@H]1CCC(O)O1. The van der Waals surface area contributed by atoms with Gasteiger partial charge in [-0.05, 0) is 12.0 Å². The summed E-state index contributed by atoms with van der Waals surface area (Å²) in [4.78, 5) is 2.59. The van der Waals surface area contributed by atoms with Crippen molar-refractivity contribution in [2.75, 3.05) is 6.54 Å². The number of nitrogens with zero attached hydrogens (tertiary/aromatic N) is 3. The summed E-state index contributed by atoms with van der Waals surface area (Å²) < 4.78 is 4.95. The average molecular weight is 143 g/mol. The minimum absolute atomic E-state index is 0.0779. The van der Waals surface area contributed by atoms with Gasteiger partial charge in [0.2, 0.25) is 0 Å². The fourth-order valence-corrected chi connectivity index (χ4v) is 0.949. The van der Waals surface area contributed by atoms with Crippen LogP contribution in [0.25, 0.3) is 10.4 Å². The Morgan fingerprint density at radius 2 is 2.50 bits per heavy atom. The highest BCUT2D eigenvalue weighted by molar-refractivity contribution is 4.69. The molecule has 0 bridgehead atoms. The van der Waals surface area contributed by atoms with Gasteiger partial charge in [0.05, 0.1) is 12.6 Å². The van der Waals surface area contributed by atoms with Gasteiger partial charge in [0, 0.05) is 11.3 Å². The number of azide groups is 1. The van der Waals surface area contributed by atoms with Gasteiger partial charge >= 0.3 is 0 Å². The summed E-state index contributed by atoms with van der Waals surface area (Å²) in [6.07, 6.45) is 0.691. The summed E-state index contributed by atoms with van der Waals surface area (Å²) in [6, 6.07) is 0. The van der Waals surface area contributed by atoms with Crippen molar-refractivity contribution < 1.29 is 9.84 Å². The fraction of sp³-hybridized carbons (Fsp3) is 1.00. The van der Waals surface area contributed by atoms with E-state index in [0.29, 0.717) is 13.0 Å². The third kappa shape index (κ3) is 1.88. The molecule has 2 atom stereocenters. The van der Waals surface area contributed by atoms with E-state index in [-0.39, 0.29) is 6.10 Å². The van der Waals surface area contributed by atoms with Crippen molar-refractivity contribution in [3.05, 3.63) is 10.4 Å². The molecule has 0 aromatic heterocycles. The van der Waals surface area contributed by atoms with E-state index in [4.69, 9.17) is 15.4 Å². The highest BCUT2D eigenvalue weighted by Crippen LogP contribution is 2.17. The Kier molecular flexibility index (Phi) is 2.50. The van der Waals surface area contributed by atoms with Gasteiger partial charge in [-0.15, -0.1) is 0 Å². The van der Waals surface area contributed by atoms with Crippen LogP contribution in [0.15, 0.2) is 5.11 Å². The third-order valence-corrected chi connectivity index (χ3v) is 1.43. The van der Waals surface area contributed by atoms with Crippen molar-refractivity contribution in [1.82, 2.24) is 0 Å². The molecule has 5 heteroatoms. The Bertz CT molecular complexity index is 155. The van der Waals surface area contributed by atoms with Crippen LogP contribution >= 0.6 is 0 Å². The molecule has 0 radical (unpaired) electrons. The zero-order valence-corrected chi connectivity index (χ0v) is 5.47. The fourth-order valence-electron chi connectivity index (χ4n) is 0.949. The van der Waals surface area contributed by atoms with Crippen molar-refractivity contribution in [3.63, 3.8) is 0 Å². The van der Waals surface area contributed by atoms with Crippen LogP contribution in [0.4, 0.5) is 0 Å². The van der Waals surface area contributed by atoms with Crippen LogP contribution in [0.3, 0.4) is 0 Å². The standard InChI is InChI=1S/C5H9N3O2/c6-8-7-3-4-1-2-5(9)10-4/h4-5,9H,1-3H2/t4-,5?/m0/s1. The van der Waals surface area contributed by atoms with Gasteiger partial charge in [0.25, 0.3) is 0 Å². The maximum absolute atomic E-state index is 8.84. The molecule has 5 nitrogen and oxygen atoms in total. The molecule has 1 aliphatic rings. The first-order valence-electron chi connectivity index (χ1n) is 3.17. The van der Waals surface area contributed by atoms with E-state index >= 15 is 0 Å². The summed E-state index contributed by atoms with van der Waals surface area (Å²) in [6.45, 7) is 0.327. The van der Waals surface area contributed by atoms with Crippen LogP contribution < -0.4 is 0 Å². The van der Waals surface area contributed by atoms with Gasteiger partial charge in [0.1, 0.15) is 0 Å². The monoisotopic (exact) mass is 143 g/mol. The van der Waals surface area contributed by atoms with Crippen LogP contribution in [-0.2, 0) is 4.74 Å². The molecular formula is C5H9N3O2. The van der Waals surface area contributed by atoms with Gasteiger partial charge in [-0.1, -0.05) is 5.11 Å². The average Bonchev–Trinajstić information content (AvgIpc) is 2.31. The maximum Gasteiger partial charge on any atom is 0.154 e. The Morgan fingerprint density at radius 1 is 1.70 bits per heavy atom. The lowest BCUT2D eigenvalue weighted by molar-refractivity contribution is -0.0871. The second kappa shape index (κ2) is 3.41. The molecule has 0 saturated carbocycles. The van der Waals surface area contributed by atoms with Crippen LogP contribution in [0.2, 0.25) is 0 Å². The smallest absolute Gasteiger partial charge is 0.154 e. The zero-order valence-electron chi connectivity index (χ0n) is 5.47. The molecule has 1 saturated heterocycles. The Hall–Kier alpha value is -0.770. The predicted molar refractivity (Wildman–Crippen MR) is 34.1 cm³/mol. The van der Waals surface area contributed by atoms with Gasteiger partial charge in [0.15, 0.2) is 6.29 Å². The van der Waals surface area contributed by atoms with Gasteiger partial charge in [-0.25, -0.2) is 0 Å². The van der Waals surface area contributed by atoms with E-state index in [1.54, 1.807) is 0 Å². The maximum atomic E-state index is 8.84. The van der Waals surface area contributed by atoms with Crippen LogP contribution in [0.5, 0.6) is 0 Å². The Balaban J connectivity index is 2.24. The summed E-state index contributed by atoms with van der Waals surface area (Å²) in [5, 5.41) is 12.2. The van der Waals surface area contributed by atoms with Crippen molar-refractivity contribution in [1.29, 1.82) is 0 Å². The van der Waals surface area contributed by atoms with Gasteiger partial charge in [-0.3, -0.25) is 0 Å². The number of ether oxygens (including phenoxy) is 1. The number of aliphatic hydroxyl groups excluding tert-OH is 1. The number of rotatable bonds is 2. The van der Waals surface area contributed by atoms with Crippen molar-refractivity contribution in [2.24, 2.45) is 5.11 Å². The molecule has 1 aliphatic heterocycles. The van der Waals surface area contributed by atoms with Crippen molar-refractivity contribution in [3.8, 4) is 0 Å². The summed E-state index contributed by atoms with van der Waals surface area (Å²) >= 11 is 0. The summed E-state index contributed by atoms with van der Waals surface area (Å²) in [5.41, 5.74) is 7.93. The molecule has 0 aromatic rings. The normalized spacial score (nSPS) is 31.7. The largest absolute Gasteiger partial charge is 0.368 e. The third-order valence-electron chi connectivity index (χ3n) is 1.43. The lowest BCUT2D eigenvalue weighted by Crippen LogP contribution is -2.12. The van der Waals surface area contributed by atoms with E-state index in [1.165, 1.54) is 0 Å². The quantitative estimate of drug-likeness (QED) is 0.352. The molecule has 1 N–H and O–H groups in total. The lowest BCUT2D eigenvalue weighted by atomic mass is 10.2. The molecule has 1 fully saturated rings. The van der Waals surface area contributed by atoms with Crippen molar-refractivity contribution >= 4 is 0 Å². The second-order valence-electron chi connectivity index (χ2n) is 2.20. The van der Waals surface area contributed by atoms with Gasteiger partial charge in [-0.2, -0.15) is 0 Å². The Labute approximate surface area is 58.2 Å². The number of hydrogen-bond acceptors (Lipinski definition) is 3. The first-order chi connectivity index (χ1) is 4.83. The van der Waals surface area contributed by atoms with E-state index in [9.17, 15) is 0 Å². The molecule has 0 amide bonds. The zero-order chi connectivity index (χ0) is 7.40. The minimum atomic E-state index is -0.654. The Morgan fingerprint density at radius 3 is 3.00 bits per heavy atom. The molecule has 10 heavy (non-hydrogen) atoms. The minimum Gasteiger partial charge on any atom is -0.368 e. The second-order valence-corrected chi connectivity index (χ2v) is 2.20.